The van der Waals surface area contributed by atoms with E-state index in [2.05, 4.69) is 27.3 Å². The first kappa shape index (κ1) is 15.3. The highest BCUT2D eigenvalue weighted by molar-refractivity contribution is 5.78. The molecule has 3 rings (SSSR count). The van der Waals surface area contributed by atoms with Crippen LogP contribution in [0.15, 0.2) is 24.5 Å². The summed E-state index contributed by atoms with van der Waals surface area (Å²) in [4.78, 5) is 18.7. The highest BCUT2D eigenvalue weighted by atomic mass is 16.1. The smallest absolute Gasteiger partial charge is 0.223 e. The Labute approximate surface area is 133 Å². The second kappa shape index (κ2) is 7.61. The summed E-state index contributed by atoms with van der Waals surface area (Å²) < 4.78 is 0. The lowest BCUT2D eigenvalue weighted by Crippen LogP contribution is -2.40. The van der Waals surface area contributed by atoms with E-state index < -0.39 is 0 Å². The van der Waals surface area contributed by atoms with E-state index in [0.717, 1.165) is 45.3 Å². The number of hydrogen-bond acceptors (Lipinski definition) is 3. The van der Waals surface area contributed by atoms with Gasteiger partial charge in [-0.25, -0.2) is 0 Å². The van der Waals surface area contributed by atoms with Crippen LogP contribution >= 0.6 is 0 Å². The highest BCUT2D eigenvalue weighted by Gasteiger charge is 2.23. The standard InChI is InChI=1S/C18H27N3O/c22-18(16-4-2-1-3-5-16)20-14-15-8-12-21(13-9-15)17-6-10-19-11-7-17/h6-7,10-11,15-16H,1-5,8-9,12-14H2,(H,20,22). The van der Waals surface area contributed by atoms with Crippen molar-refractivity contribution in [2.24, 2.45) is 11.8 Å². The summed E-state index contributed by atoms with van der Waals surface area (Å²) in [6, 6.07) is 4.15. The Morgan fingerprint density at radius 2 is 1.77 bits per heavy atom. The Bertz CT molecular complexity index is 462. The number of nitrogens with one attached hydrogen (secondary N) is 1. The monoisotopic (exact) mass is 301 g/mol. The molecule has 2 heterocycles. The number of amides is 1. The molecule has 1 N–H and O–H groups in total. The first-order chi connectivity index (χ1) is 10.8. The topological polar surface area (TPSA) is 45.2 Å². The van der Waals surface area contributed by atoms with Crippen LogP contribution in [0, 0.1) is 11.8 Å². The van der Waals surface area contributed by atoms with Gasteiger partial charge in [0.15, 0.2) is 0 Å². The number of nitrogens with zero attached hydrogens (tertiary/aromatic N) is 2. The molecule has 2 aliphatic rings. The number of aromatic nitrogens is 1. The molecule has 1 aliphatic carbocycles. The van der Waals surface area contributed by atoms with E-state index in [1.54, 1.807) is 0 Å². The van der Waals surface area contributed by atoms with Gasteiger partial charge in [-0.1, -0.05) is 19.3 Å². The van der Waals surface area contributed by atoms with E-state index >= 15 is 0 Å². The van der Waals surface area contributed by atoms with Gasteiger partial charge in [-0.15, -0.1) is 0 Å². The molecule has 0 atom stereocenters. The molecule has 1 saturated carbocycles. The van der Waals surface area contributed by atoms with E-state index in [1.165, 1.54) is 24.9 Å². The third kappa shape index (κ3) is 3.99. The van der Waals surface area contributed by atoms with E-state index in [-0.39, 0.29) is 5.92 Å². The normalized spacial score (nSPS) is 20.8. The summed E-state index contributed by atoms with van der Waals surface area (Å²) in [5, 5.41) is 3.21. The molecule has 22 heavy (non-hydrogen) atoms. The zero-order chi connectivity index (χ0) is 15.2. The van der Waals surface area contributed by atoms with Crippen LogP contribution in [0.4, 0.5) is 5.69 Å². The minimum Gasteiger partial charge on any atom is -0.371 e. The third-order valence-electron chi connectivity index (χ3n) is 5.18. The summed E-state index contributed by atoms with van der Waals surface area (Å²) in [6.45, 7) is 3.02. The van der Waals surface area contributed by atoms with Crippen molar-refractivity contribution in [3.63, 3.8) is 0 Å². The lowest BCUT2D eigenvalue weighted by molar-refractivity contribution is -0.126. The molecule has 4 nitrogen and oxygen atoms in total. The molecule has 0 bridgehead atoms. The lowest BCUT2D eigenvalue weighted by Gasteiger charge is -2.34. The van der Waals surface area contributed by atoms with Crippen molar-refractivity contribution >= 4 is 11.6 Å². The van der Waals surface area contributed by atoms with Crippen molar-refractivity contribution in [1.82, 2.24) is 10.3 Å². The van der Waals surface area contributed by atoms with Crippen LogP contribution in [0.1, 0.15) is 44.9 Å². The van der Waals surface area contributed by atoms with Gasteiger partial charge >= 0.3 is 0 Å². The number of pyridine rings is 1. The zero-order valence-electron chi connectivity index (χ0n) is 13.3. The van der Waals surface area contributed by atoms with Gasteiger partial charge in [0, 0.05) is 43.6 Å². The Morgan fingerprint density at radius 3 is 2.45 bits per heavy atom. The Kier molecular flexibility index (Phi) is 5.30. The van der Waals surface area contributed by atoms with Crippen LogP contribution in [-0.2, 0) is 4.79 Å². The number of piperidine rings is 1. The van der Waals surface area contributed by atoms with Crippen molar-refractivity contribution in [3.8, 4) is 0 Å². The maximum atomic E-state index is 12.2. The molecule has 0 aromatic carbocycles. The molecule has 4 heteroatoms. The number of hydrogen-bond donors (Lipinski definition) is 1. The Balaban J connectivity index is 1.39. The molecular weight excluding hydrogens is 274 g/mol. The van der Waals surface area contributed by atoms with E-state index in [1.807, 2.05) is 12.4 Å². The van der Waals surface area contributed by atoms with Gasteiger partial charge in [-0.2, -0.15) is 0 Å². The van der Waals surface area contributed by atoms with Gasteiger partial charge in [-0.3, -0.25) is 9.78 Å². The third-order valence-corrected chi connectivity index (χ3v) is 5.18. The minimum absolute atomic E-state index is 0.283. The van der Waals surface area contributed by atoms with Crippen molar-refractivity contribution < 1.29 is 4.79 Å². The SMILES string of the molecule is O=C(NCC1CCN(c2ccncc2)CC1)C1CCCCC1. The van der Waals surface area contributed by atoms with Crippen molar-refractivity contribution in [2.45, 2.75) is 44.9 Å². The zero-order valence-corrected chi connectivity index (χ0v) is 13.3. The quantitative estimate of drug-likeness (QED) is 0.930. The van der Waals surface area contributed by atoms with Crippen LogP contribution in [0.3, 0.4) is 0 Å². The fraction of sp³-hybridized carbons (Fsp3) is 0.667. The van der Waals surface area contributed by atoms with Gasteiger partial charge in [0.1, 0.15) is 0 Å². The average Bonchev–Trinajstić information content (AvgIpc) is 2.61. The molecule has 1 amide bonds. The van der Waals surface area contributed by atoms with Gasteiger partial charge < -0.3 is 10.2 Å². The first-order valence-electron chi connectivity index (χ1n) is 8.75. The van der Waals surface area contributed by atoms with E-state index in [9.17, 15) is 4.79 Å². The molecule has 0 spiro atoms. The average molecular weight is 301 g/mol. The van der Waals surface area contributed by atoms with Gasteiger partial charge in [0.25, 0.3) is 0 Å². The predicted octanol–water partition coefficient (Wildman–Crippen LogP) is 2.99. The molecule has 120 valence electrons. The highest BCUT2D eigenvalue weighted by Crippen LogP contribution is 2.25. The maximum absolute atomic E-state index is 12.2. The predicted molar refractivity (Wildman–Crippen MR) is 88.8 cm³/mol. The Hall–Kier alpha value is -1.58. The van der Waals surface area contributed by atoms with Crippen molar-refractivity contribution in [1.29, 1.82) is 0 Å². The Morgan fingerprint density at radius 1 is 1.09 bits per heavy atom. The summed E-state index contributed by atoms with van der Waals surface area (Å²) in [5.74, 6) is 1.22. The van der Waals surface area contributed by atoms with Gasteiger partial charge in [0.05, 0.1) is 0 Å². The maximum Gasteiger partial charge on any atom is 0.223 e. The molecule has 1 aromatic rings. The molecule has 0 unspecified atom stereocenters. The summed E-state index contributed by atoms with van der Waals surface area (Å²) in [5.41, 5.74) is 1.26. The number of carbonyl (C=O) groups excluding carboxylic acids is 1. The second-order valence-electron chi connectivity index (χ2n) is 6.72. The van der Waals surface area contributed by atoms with Crippen molar-refractivity contribution in [2.75, 3.05) is 24.5 Å². The summed E-state index contributed by atoms with van der Waals surface area (Å²) in [7, 11) is 0. The largest absolute Gasteiger partial charge is 0.371 e. The van der Waals surface area contributed by atoms with Crippen LogP contribution in [0.5, 0.6) is 0 Å². The summed E-state index contributed by atoms with van der Waals surface area (Å²) in [6.07, 6.45) is 12.0. The van der Waals surface area contributed by atoms with Crippen LogP contribution in [0.25, 0.3) is 0 Å². The van der Waals surface area contributed by atoms with E-state index in [4.69, 9.17) is 0 Å². The van der Waals surface area contributed by atoms with Crippen LogP contribution < -0.4 is 10.2 Å². The fourth-order valence-electron chi connectivity index (χ4n) is 3.70. The minimum atomic E-state index is 0.283. The first-order valence-corrected chi connectivity index (χ1v) is 8.75. The molecule has 1 saturated heterocycles. The number of rotatable bonds is 4. The number of carbonyl (C=O) groups is 1. The van der Waals surface area contributed by atoms with Crippen LogP contribution in [-0.4, -0.2) is 30.5 Å². The van der Waals surface area contributed by atoms with Crippen LogP contribution in [0.2, 0.25) is 0 Å². The molecule has 1 aliphatic heterocycles. The van der Waals surface area contributed by atoms with E-state index in [0.29, 0.717) is 11.8 Å². The molecular formula is C18H27N3O. The second-order valence-corrected chi connectivity index (χ2v) is 6.72. The molecule has 1 aromatic heterocycles. The van der Waals surface area contributed by atoms with Crippen molar-refractivity contribution in [3.05, 3.63) is 24.5 Å². The summed E-state index contributed by atoms with van der Waals surface area (Å²) >= 11 is 0. The van der Waals surface area contributed by atoms with Gasteiger partial charge in [0.2, 0.25) is 5.91 Å². The lowest BCUT2D eigenvalue weighted by atomic mass is 9.88. The molecule has 0 radical (unpaired) electrons. The number of anilines is 1. The fourth-order valence-corrected chi connectivity index (χ4v) is 3.70. The molecule has 2 fully saturated rings. The van der Waals surface area contributed by atoms with Gasteiger partial charge in [-0.05, 0) is 43.7 Å².